The Morgan fingerprint density at radius 2 is 2.27 bits per heavy atom. The first-order valence-electron chi connectivity index (χ1n) is 4.87. The highest BCUT2D eigenvalue weighted by atomic mass is 35.5. The fourth-order valence-electron chi connectivity index (χ4n) is 1.21. The van der Waals surface area contributed by atoms with Crippen molar-refractivity contribution < 1.29 is 9.53 Å². The number of rotatable bonds is 4. The standard InChI is InChI=1S/C10H13ClN2O2/c1-3-5-7-6-12-10(11)13-8(7)9(14)15-4-2/h6H,3-5H2,1-2H3. The van der Waals surface area contributed by atoms with Gasteiger partial charge in [0.15, 0.2) is 5.69 Å². The molecule has 0 saturated heterocycles. The fourth-order valence-corrected chi connectivity index (χ4v) is 1.35. The van der Waals surface area contributed by atoms with E-state index in [0.717, 1.165) is 18.4 Å². The summed E-state index contributed by atoms with van der Waals surface area (Å²) in [6, 6.07) is 0. The lowest BCUT2D eigenvalue weighted by atomic mass is 10.1. The molecule has 0 aliphatic heterocycles. The summed E-state index contributed by atoms with van der Waals surface area (Å²) in [5.74, 6) is -0.440. The number of carbonyl (C=O) groups excluding carboxylic acids is 1. The van der Waals surface area contributed by atoms with Crippen molar-refractivity contribution in [2.75, 3.05) is 6.61 Å². The lowest BCUT2D eigenvalue weighted by Crippen LogP contribution is -2.11. The number of halogens is 1. The second-order valence-corrected chi connectivity index (χ2v) is 3.32. The van der Waals surface area contributed by atoms with Gasteiger partial charge in [-0.2, -0.15) is 0 Å². The SMILES string of the molecule is CCCc1cnc(Cl)nc1C(=O)OCC. The summed E-state index contributed by atoms with van der Waals surface area (Å²) in [6.45, 7) is 4.09. The molecule has 1 aromatic rings. The van der Waals surface area contributed by atoms with Gasteiger partial charge in [-0.1, -0.05) is 13.3 Å². The molecule has 0 aliphatic carbocycles. The number of esters is 1. The van der Waals surface area contributed by atoms with Crippen LogP contribution in [0, 0.1) is 0 Å². The Morgan fingerprint density at radius 3 is 2.87 bits per heavy atom. The third-order valence-corrected chi connectivity index (χ3v) is 2.01. The monoisotopic (exact) mass is 228 g/mol. The number of aryl methyl sites for hydroxylation is 1. The van der Waals surface area contributed by atoms with Crippen LogP contribution >= 0.6 is 11.6 Å². The van der Waals surface area contributed by atoms with E-state index in [9.17, 15) is 4.79 Å². The van der Waals surface area contributed by atoms with Crippen LogP contribution in [0.15, 0.2) is 6.20 Å². The van der Waals surface area contributed by atoms with Crippen molar-refractivity contribution in [2.24, 2.45) is 0 Å². The van der Waals surface area contributed by atoms with Gasteiger partial charge in [0.1, 0.15) is 0 Å². The predicted molar refractivity (Wildman–Crippen MR) is 57.0 cm³/mol. The molecule has 0 amide bonds. The molecule has 0 aromatic carbocycles. The quantitative estimate of drug-likeness (QED) is 0.586. The summed E-state index contributed by atoms with van der Waals surface area (Å²) in [5.41, 5.74) is 1.05. The van der Waals surface area contributed by atoms with E-state index in [1.807, 2.05) is 6.92 Å². The van der Waals surface area contributed by atoms with Crippen LogP contribution < -0.4 is 0 Å². The fraction of sp³-hybridized carbons (Fsp3) is 0.500. The summed E-state index contributed by atoms with van der Waals surface area (Å²) in [4.78, 5) is 19.3. The Bertz CT molecular complexity index is 355. The largest absolute Gasteiger partial charge is 0.461 e. The van der Waals surface area contributed by atoms with E-state index >= 15 is 0 Å². The van der Waals surface area contributed by atoms with Gasteiger partial charge in [-0.25, -0.2) is 14.8 Å². The molecule has 5 heteroatoms. The minimum atomic E-state index is -0.440. The highest BCUT2D eigenvalue weighted by molar-refractivity contribution is 6.28. The number of aromatic nitrogens is 2. The van der Waals surface area contributed by atoms with Crippen LogP contribution in [0.3, 0.4) is 0 Å². The molecule has 82 valence electrons. The average molecular weight is 229 g/mol. The van der Waals surface area contributed by atoms with Gasteiger partial charge in [-0.05, 0) is 24.9 Å². The van der Waals surface area contributed by atoms with E-state index in [-0.39, 0.29) is 11.0 Å². The zero-order chi connectivity index (χ0) is 11.3. The highest BCUT2D eigenvalue weighted by Gasteiger charge is 2.15. The van der Waals surface area contributed by atoms with Crippen LogP contribution in [0.1, 0.15) is 36.3 Å². The van der Waals surface area contributed by atoms with Crippen LogP contribution in [-0.2, 0) is 11.2 Å². The molecule has 0 atom stereocenters. The smallest absolute Gasteiger partial charge is 0.357 e. The van der Waals surface area contributed by atoms with Crippen molar-refractivity contribution in [1.82, 2.24) is 9.97 Å². The molecular formula is C10H13ClN2O2. The normalized spacial score (nSPS) is 10.1. The average Bonchev–Trinajstić information content (AvgIpc) is 2.21. The molecule has 1 aromatic heterocycles. The Balaban J connectivity index is 3.00. The molecule has 0 fully saturated rings. The van der Waals surface area contributed by atoms with E-state index < -0.39 is 5.97 Å². The molecule has 1 heterocycles. The van der Waals surface area contributed by atoms with Gasteiger partial charge < -0.3 is 4.74 Å². The zero-order valence-corrected chi connectivity index (χ0v) is 9.54. The van der Waals surface area contributed by atoms with Crippen molar-refractivity contribution in [3.8, 4) is 0 Å². The molecular weight excluding hydrogens is 216 g/mol. The van der Waals surface area contributed by atoms with E-state index in [1.165, 1.54) is 0 Å². The van der Waals surface area contributed by atoms with E-state index in [1.54, 1.807) is 13.1 Å². The molecule has 0 bridgehead atoms. The molecule has 0 aliphatic rings. The van der Waals surface area contributed by atoms with Crippen molar-refractivity contribution >= 4 is 17.6 Å². The first kappa shape index (κ1) is 11.9. The lowest BCUT2D eigenvalue weighted by molar-refractivity contribution is 0.0518. The number of hydrogen-bond acceptors (Lipinski definition) is 4. The van der Waals surface area contributed by atoms with Crippen molar-refractivity contribution in [1.29, 1.82) is 0 Å². The van der Waals surface area contributed by atoms with Crippen molar-refractivity contribution in [2.45, 2.75) is 26.7 Å². The summed E-state index contributed by atoms with van der Waals surface area (Å²) >= 11 is 5.63. The van der Waals surface area contributed by atoms with Crippen LogP contribution in [0.25, 0.3) is 0 Å². The van der Waals surface area contributed by atoms with Crippen LogP contribution in [0.4, 0.5) is 0 Å². The van der Waals surface area contributed by atoms with E-state index in [0.29, 0.717) is 6.61 Å². The minimum Gasteiger partial charge on any atom is -0.461 e. The number of carbonyl (C=O) groups is 1. The Hall–Kier alpha value is -1.16. The minimum absolute atomic E-state index is 0.0675. The molecule has 0 unspecified atom stereocenters. The molecule has 0 radical (unpaired) electrons. The van der Waals surface area contributed by atoms with Gasteiger partial charge in [-0.3, -0.25) is 0 Å². The molecule has 0 spiro atoms. The van der Waals surface area contributed by atoms with Gasteiger partial charge >= 0.3 is 5.97 Å². The number of hydrogen-bond donors (Lipinski definition) is 0. The Kier molecular flexibility index (Phi) is 4.49. The highest BCUT2D eigenvalue weighted by Crippen LogP contribution is 2.12. The number of ether oxygens (including phenoxy) is 1. The molecule has 0 N–H and O–H groups in total. The second-order valence-electron chi connectivity index (χ2n) is 2.98. The maximum absolute atomic E-state index is 11.5. The van der Waals surface area contributed by atoms with E-state index in [4.69, 9.17) is 16.3 Å². The summed E-state index contributed by atoms with van der Waals surface area (Å²) in [6.07, 6.45) is 3.23. The maximum Gasteiger partial charge on any atom is 0.357 e. The first-order valence-corrected chi connectivity index (χ1v) is 5.25. The lowest BCUT2D eigenvalue weighted by Gasteiger charge is -2.06. The topological polar surface area (TPSA) is 52.1 Å². The second kappa shape index (κ2) is 5.66. The van der Waals surface area contributed by atoms with Gasteiger partial charge in [0, 0.05) is 11.8 Å². The van der Waals surface area contributed by atoms with Crippen molar-refractivity contribution in [3.63, 3.8) is 0 Å². The summed E-state index contributed by atoms with van der Waals surface area (Å²) in [7, 11) is 0. The summed E-state index contributed by atoms with van der Waals surface area (Å²) < 4.78 is 4.88. The first-order chi connectivity index (χ1) is 7.19. The molecule has 1 rings (SSSR count). The van der Waals surface area contributed by atoms with Crippen LogP contribution in [0.2, 0.25) is 5.28 Å². The van der Waals surface area contributed by atoms with Gasteiger partial charge in [0.2, 0.25) is 5.28 Å². The Labute approximate surface area is 93.6 Å². The van der Waals surface area contributed by atoms with Crippen molar-refractivity contribution in [3.05, 3.63) is 22.7 Å². The Morgan fingerprint density at radius 1 is 1.53 bits per heavy atom. The van der Waals surface area contributed by atoms with Crippen LogP contribution in [-0.4, -0.2) is 22.5 Å². The molecule has 4 nitrogen and oxygen atoms in total. The predicted octanol–water partition coefficient (Wildman–Crippen LogP) is 2.26. The third-order valence-electron chi connectivity index (χ3n) is 1.82. The number of nitrogens with zero attached hydrogens (tertiary/aromatic N) is 2. The van der Waals surface area contributed by atoms with Gasteiger partial charge in [0.05, 0.1) is 6.61 Å². The van der Waals surface area contributed by atoms with E-state index in [2.05, 4.69) is 9.97 Å². The zero-order valence-electron chi connectivity index (χ0n) is 8.79. The van der Waals surface area contributed by atoms with Gasteiger partial charge in [0.25, 0.3) is 0 Å². The molecule has 0 saturated carbocycles. The molecule has 15 heavy (non-hydrogen) atoms. The summed E-state index contributed by atoms with van der Waals surface area (Å²) in [5, 5.41) is 0.0675. The maximum atomic E-state index is 11.5. The van der Waals surface area contributed by atoms with Crippen LogP contribution in [0.5, 0.6) is 0 Å². The third kappa shape index (κ3) is 3.16. The van der Waals surface area contributed by atoms with Gasteiger partial charge in [-0.15, -0.1) is 0 Å².